The second-order valence-electron chi connectivity index (χ2n) is 5.96. The van der Waals surface area contributed by atoms with E-state index in [2.05, 4.69) is 29.0 Å². The summed E-state index contributed by atoms with van der Waals surface area (Å²) in [7, 11) is 0. The Hall–Kier alpha value is -1.51. The smallest absolute Gasteiger partial charge is 0.450 e. The van der Waals surface area contributed by atoms with Crippen molar-refractivity contribution in [3.05, 3.63) is 35.4 Å². The number of hydrogen-bond donors (Lipinski definition) is 1. The highest BCUT2D eigenvalue weighted by Gasteiger charge is 2.17. The SMILES string of the molecule is O=C(O)OCCCCCc1ccccc1C1CCCCC1. The Kier molecular flexibility index (Phi) is 6.58. The highest BCUT2D eigenvalue weighted by Crippen LogP contribution is 2.34. The fourth-order valence-electron chi connectivity index (χ4n) is 3.33. The van der Waals surface area contributed by atoms with Crippen molar-refractivity contribution in [2.75, 3.05) is 6.61 Å². The zero-order valence-electron chi connectivity index (χ0n) is 12.7. The Balaban J connectivity index is 1.78. The molecule has 0 saturated heterocycles. The third-order valence-corrected chi connectivity index (χ3v) is 4.42. The number of aryl methyl sites for hydroxylation is 1. The molecule has 1 saturated carbocycles. The van der Waals surface area contributed by atoms with Gasteiger partial charge in [0.15, 0.2) is 0 Å². The van der Waals surface area contributed by atoms with E-state index in [-0.39, 0.29) is 0 Å². The summed E-state index contributed by atoms with van der Waals surface area (Å²) in [6, 6.07) is 8.86. The van der Waals surface area contributed by atoms with Crippen LogP contribution in [0.15, 0.2) is 24.3 Å². The minimum Gasteiger partial charge on any atom is -0.450 e. The van der Waals surface area contributed by atoms with E-state index in [9.17, 15) is 4.79 Å². The second-order valence-corrected chi connectivity index (χ2v) is 5.96. The Morgan fingerprint density at radius 1 is 1.10 bits per heavy atom. The molecule has 0 bridgehead atoms. The van der Waals surface area contributed by atoms with Crippen molar-refractivity contribution in [1.29, 1.82) is 0 Å². The lowest BCUT2D eigenvalue weighted by atomic mass is 9.81. The summed E-state index contributed by atoms with van der Waals surface area (Å²) in [4.78, 5) is 10.3. The molecule has 3 heteroatoms. The number of benzene rings is 1. The lowest BCUT2D eigenvalue weighted by Crippen LogP contribution is -2.07. The van der Waals surface area contributed by atoms with Crippen molar-refractivity contribution in [3.8, 4) is 0 Å². The maximum absolute atomic E-state index is 10.3. The van der Waals surface area contributed by atoms with Crippen molar-refractivity contribution >= 4 is 6.16 Å². The molecule has 1 fully saturated rings. The number of carboxylic acid groups (broad SMARTS) is 1. The van der Waals surface area contributed by atoms with E-state index in [4.69, 9.17) is 5.11 Å². The molecule has 1 aliphatic carbocycles. The van der Waals surface area contributed by atoms with Gasteiger partial charge >= 0.3 is 6.16 Å². The van der Waals surface area contributed by atoms with Crippen molar-refractivity contribution in [2.24, 2.45) is 0 Å². The third-order valence-electron chi connectivity index (χ3n) is 4.42. The second kappa shape index (κ2) is 8.71. The Morgan fingerprint density at radius 2 is 1.86 bits per heavy atom. The van der Waals surface area contributed by atoms with Gasteiger partial charge in [0.05, 0.1) is 6.61 Å². The average molecular weight is 290 g/mol. The molecule has 0 amide bonds. The van der Waals surface area contributed by atoms with Crippen LogP contribution in [0.2, 0.25) is 0 Å². The quantitative estimate of drug-likeness (QED) is 0.558. The minimum absolute atomic E-state index is 0.319. The zero-order chi connectivity index (χ0) is 14.9. The van der Waals surface area contributed by atoms with Gasteiger partial charge in [-0.25, -0.2) is 4.79 Å². The molecule has 0 aromatic heterocycles. The van der Waals surface area contributed by atoms with Crippen LogP contribution < -0.4 is 0 Å². The molecule has 0 aliphatic heterocycles. The molecular formula is C18H26O3. The maximum atomic E-state index is 10.3. The topological polar surface area (TPSA) is 46.5 Å². The van der Waals surface area contributed by atoms with E-state index in [0.717, 1.165) is 31.6 Å². The number of rotatable bonds is 7. The van der Waals surface area contributed by atoms with Gasteiger partial charge in [-0.1, -0.05) is 43.5 Å². The number of unbranched alkanes of at least 4 members (excludes halogenated alkanes) is 2. The molecule has 0 unspecified atom stereocenters. The highest BCUT2D eigenvalue weighted by atomic mass is 16.7. The lowest BCUT2D eigenvalue weighted by Gasteiger charge is -2.24. The largest absolute Gasteiger partial charge is 0.505 e. The standard InChI is InChI=1S/C18H26O3/c19-18(20)21-14-8-2-5-11-16-12-6-7-13-17(16)15-9-3-1-4-10-15/h6-7,12-13,15H,1-5,8-11,14H2,(H,19,20). The fraction of sp³-hybridized carbons (Fsp3) is 0.611. The number of ether oxygens (including phenoxy) is 1. The van der Waals surface area contributed by atoms with Gasteiger partial charge in [-0.15, -0.1) is 0 Å². The molecule has 0 heterocycles. The van der Waals surface area contributed by atoms with Crippen molar-refractivity contribution in [3.63, 3.8) is 0 Å². The van der Waals surface area contributed by atoms with Crippen molar-refractivity contribution in [2.45, 2.75) is 63.7 Å². The molecular weight excluding hydrogens is 264 g/mol. The van der Waals surface area contributed by atoms with Crippen molar-refractivity contribution < 1.29 is 14.6 Å². The Morgan fingerprint density at radius 3 is 2.62 bits per heavy atom. The van der Waals surface area contributed by atoms with E-state index >= 15 is 0 Å². The van der Waals surface area contributed by atoms with Crippen LogP contribution in [0, 0.1) is 0 Å². The monoisotopic (exact) mass is 290 g/mol. The summed E-state index contributed by atoms with van der Waals surface area (Å²) < 4.78 is 4.53. The molecule has 21 heavy (non-hydrogen) atoms. The van der Waals surface area contributed by atoms with Gasteiger partial charge in [-0.3, -0.25) is 0 Å². The summed E-state index contributed by atoms with van der Waals surface area (Å²) in [5.74, 6) is 0.755. The first-order chi connectivity index (χ1) is 10.3. The van der Waals surface area contributed by atoms with Crippen molar-refractivity contribution in [1.82, 2.24) is 0 Å². The van der Waals surface area contributed by atoms with Gasteiger partial charge in [-0.05, 0) is 55.6 Å². The van der Waals surface area contributed by atoms with Crippen LogP contribution in [0.5, 0.6) is 0 Å². The number of hydrogen-bond acceptors (Lipinski definition) is 2. The van der Waals surface area contributed by atoms with Gasteiger partial charge in [0, 0.05) is 0 Å². The number of carbonyl (C=O) groups is 1. The first kappa shape index (κ1) is 15.9. The Labute approximate surface area is 127 Å². The van der Waals surface area contributed by atoms with Gasteiger partial charge in [-0.2, -0.15) is 0 Å². The molecule has 0 radical (unpaired) electrons. The van der Waals surface area contributed by atoms with Crippen LogP contribution in [-0.4, -0.2) is 17.9 Å². The van der Waals surface area contributed by atoms with Crippen LogP contribution in [0.25, 0.3) is 0 Å². The van der Waals surface area contributed by atoms with Crippen LogP contribution in [0.4, 0.5) is 4.79 Å². The van der Waals surface area contributed by atoms with Crippen LogP contribution >= 0.6 is 0 Å². The van der Waals surface area contributed by atoms with E-state index < -0.39 is 6.16 Å². The first-order valence-electron chi connectivity index (χ1n) is 8.21. The summed E-state index contributed by atoms with van der Waals surface area (Å²) >= 11 is 0. The fourth-order valence-corrected chi connectivity index (χ4v) is 3.33. The minimum atomic E-state index is -1.17. The third kappa shape index (κ3) is 5.41. The molecule has 1 N–H and O–H groups in total. The van der Waals surface area contributed by atoms with Crippen LogP contribution in [0.1, 0.15) is 68.4 Å². The first-order valence-corrected chi connectivity index (χ1v) is 8.21. The zero-order valence-corrected chi connectivity index (χ0v) is 12.7. The summed E-state index contributed by atoms with van der Waals surface area (Å²) in [6.07, 6.45) is 9.67. The van der Waals surface area contributed by atoms with Gasteiger partial charge in [0.25, 0.3) is 0 Å². The predicted molar refractivity (Wildman–Crippen MR) is 83.8 cm³/mol. The molecule has 116 valence electrons. The van der Waals surface area contributed by atoms with Gasteiger partial charge < -0.3 is 9.84 Å². The average Bonchev–Trinajstić information content (AvgIpc) is 2.52. The molecule has 1 aromatic rings. The van der Waals surface area contributed by atoms with Crippen LogP contribution in [0.3, 0.4) is 0 Å². The van der Waals surface area contributed by atoms with Gasteiger partial charge in [0.1, 0.15) is 0 Å². The van der Waals surface area contributed by atoms with E-state index in [1.807, 2.05) is 0 Å². The van der Waals surface area contributed by atoms with E-state index in [0.29, 0.717) is 6.61 Å². The lowest BCUT2D eigenvalue weighted by molar-refractivity contribution is 0.0900. The molecule has 1 aromatic carbocycles. The highest BCUT2D eigenvalue weighted by molar-refractivity contribution is 5.56. The molecule has 0 spiro atoms. The van der Waals surface area contributed by atoms with Crippen LogP contribution in [-0.2, 0) is 11.2 Å². The van der Waals surface area contributed by atoms with E-state index in [1.54, 1.807) is 5.56 Å². The normalized spacial score (nSPS) is 15.8. The van der Waals surface area contributed by atoms with E-state index in [1.165, 1.54) is 37.7 Å². The summed E-state index contributed by atoms with van der Waals surface area (Å²) in [5, 5.41) is 8.41. The molecule has 1 aliphatic rings. The maximum Gasteiger partial charge on any atom is 0.505 e. The predicted octanol–water partition coefficient (Wildman–Crippen LogP) is 5.14. The molecule has 3 nitrogen and oxygen atoms in total. The van der Waals surface area contributed by atoms with Gasteiger partial charge in [0.2, 0.25) is 0 Å². The summed E-state index contributed by atoms with van der Waals surface area (Å²) in [5.41, 5.74) is 3.04. The Bertz CT molecular complexity index is 436. The molecule has 2 rings (SSSR count). The summed E-state index contributed by atoms with van der Waals surface area (Å²) in [6.45, 7) is 0.319. The molecule has 0 atom stereocenters.